The van der Waals surface area contributed by atoms with Crippen LogP contribution in [0, 0.1) is 6.92 Å². The zero-order chi connectivity index (χ0) is 14.8. The van der Waals surface area contributed by atoms with Gasteiger partial charge >= 0.3 is 6.18 Å². The number of rotatable bonds is 3. The first-order valence-electron chi connectivity index (χ1n) is 6.19. The number of alkyl halides is 3. The molecule has 2 rings (SSSR count). The van der Waals surface area contributed by atoms with Gasteiger partial charge in [0.15, 0.2) is 0 Å². The van der Waals surface area contributed by atoms with Gasteiger partial charge in [-0.2, -0.15) is 13.2 Å². The first-order valence-corrected chi connectivity index (χ1v) is 6.19. The molecule has 0 saturated heterocycles. The van der Waals surface area contributed by atoms with Crippen LogP contribution in [0.1, 0.15) is 28.4 Å². The van der Waals surface area contributed by atoms with Crippen molar-refractivity contribution in [1.29, 1.82) is 0 Å². The summed E-state index contributed by atoms with van der Waals surface area (Å²) in [5, 5.41) is 3.09. The maximum absolute atomic E-state index is 12.6. The van der Waals surface area contributed by atoms with Gasteiger partial charge in [0.25, 0.3) is 0 Å². The van der Waals surface area contributed by atoms with Gasteiger partial charge in [0.05, 0.1) is 17.3 Å². The monoisotopic (exact) mass is 280 g/mol. The summed E-state index contributed by atoms with van der Waals surface area (Å²) in [7, 11) is 1.76. The standard InChI is InChI=1S/C15H15F3N2/c1-10-4-3-9-20-13(10)14(19-2)11-5-7-12(8-6-11)15(16,17)18/h3-9,14,19H,1-2H3. The van der Waals surface area contributed by atoms with E-state index in [-0.39, 0.29) is 6.04 Å². The van der Waals surface area contributed by atoms with E-state index in [0.717, 1.165) is 29.0 Å². The largest absolute Gasteiger partial charge is 0.416 e. The third-order valence-electron chi connectivity index (χ3n) is 3.18. The van der Waals surface area contributed by atoms with E-state index in [4.69, 9.17) is 0 Å². The lowest BCUT2D eigenvalue weighted by Gasteiger charge is -2.18. The fourth-order valence-corrected chi connectivity index (χ4v) is 2.13. The van der Waals surface area contributed by atoms with E-state index in [2.05, 4.69) is 10.3 Å². The van der Waals surface area contributed by atoms with Crippen molar-refractivity contribution in [3.8, 4) is 0 Å². The molecule has 1 heterocycles. The highest BCUT2D eigenvalue weighted by atomic mass is 19.4. The molecule has 2 aromatic rings. The van der Waals surface area contributed by atoms with E-state index in [1.165, 1.54) is 12.1 Å². The lowest BCUT2D eigenvalue weighted by molar-refractivity contribution is -0.137. The van der Waals surface area contributed by atoms with Gasteiger partial charge in [-0.1, -0.05) is 18.2 Å². The van der Waals surface area contributed by atoms with Crippen LogP contribution in [0.3, 0.4) is 0 Å². The van der Waals surface area contributed by atoms with Crippen molar-refractivity contribution < 1.29 is 13.2 Å². The highest BCUT2D eigenvalue weighted by molar-refractivity contribution is 5.34. The summed E-state index contributed by atoms with van der Waals surface area (Å²) in [5.74, 6) is 0. The van der Waals surface area contributed by atoms with Crippen molar-refractivity contribution in [2.45, 2.75) is 19.1 Å². The van der Waals surface area contributed by atoms with E-state index in [1.807, 2.05) is 19.1 Å². The minimum atomic E-state index is -4.31. The zero-order valence-corrected chi connectivity index (χ0v) is 11.2. The zero-order valence-electron chi connectivity index (χ0n) is 11.2. The lowest BCUT2D eigenvalue weighted by atomic mass is 9.99. The maximum Gasteiger partial charge on any atom is 0.416 e. The molecule has 0 aliphatic heterocycles. The van der Waals surface area contributed by atoms with Gasteiger partial charge in [0.2, 0.25) is 0 Å². The van der Waals surface area contributed by atoms with E-state index < -0.39 is 11.7 Å². The molecular formula is C15H15F3N2. The van der Waals surface area contributed by atoms with Crippen LogP contribution in [0.25, 0.3) is 0 Å². The average Bonchev–Trinajstić information content (AvgIpc) is 2.41. The molecule has 0 aliphatic carbocycles. The summed E-state index contributed by atoms with van der Waals surface area (Å²) >= 11 is 0. The molecule has 2 nitrogen and oxygen atoms in total. The molecule has 106 valence electrons. The SMILES string of the molecule is CNC(c1ccc(C(F)(F)F)cc1)c1ncccc1C. The number of hydrogen-bond donors (Lipinski definition) is 1. The number of aromatic nitrogens is 1. The number of hydrogen-bond acceptors (Lipinski definition) is 2. The second kappa shape index (κ2) is 5.63. The van der Waals surface area contributed by atoms with Crippen LogP contribution in [-0.4, -0.2) is 12.0 Å². The van der Waals surface area contributed by atoms with Crippen LogP contribution in [0.4, 0.5) is 13.2 Å². The Morgan fingerprint density at radius 1 is 1.10 bits per heavy atom. The minimum absolute atomic E-state index is 0.224. The molecule has 0 bridgehead atoms. The molecule has 1 aromatic carbocycles. The fraction of sp³-hybridized carbons (Fsp3) is 0.267. The molecule has 0 spiro atoms. The Labute approximate surface area is 115 Å². The molecule has 0 aliphatic rings. The molecule has 0 radical (unpaired) electrons. The van der Waals surface area contributed by atoms with Crippen LogP contribution >= 0.6 is 0 Å². The Morgan fingerprint density at radius 3 is 2.25 bits per heavy atom. The van der Waals surface area contributed by atoms with E-state index >= 15 is 0 Å². The lowest BCUT2D eigenvalue weighted by Crippen LogP contribution is -2.20. The number of nitrogens with one attached hydrogen (secondary N) is 1. The van der Waals surface area contributed by atoms with Crippen molar-refractivity contribution in [2.24, 2.45) is 0 Å². The number of nitrogens with zero attached hydrogens (tertiary/aromatic N) is 1. The first kappa shape index (κ1) is 14.5. The van der Waals surface area contributed by atoms with Gasteiger partial charge in [0, 0.05) is 6.20 Å². The maximum atomic E-state index is 12.6. The van der Waals surface area contributed by atoms with E-state index in [0.29, 0.717) is 0 Å². The van der Waals surface area contributed by atoms with Gasteiger partial charge in [-0.25, -0.2) is 0 Å². The summed E-state index contributed by atoms with van der Waals surface area (Å²) in [5.41, 5.74) is 1.91. The molecule has 0 fully saturated rings. The van der Waals surface area contributed by atoms with Gasteiger partial charge in [-0.05, 0) is 43.3 Å². The van der Waals surface area contributed by atoms with Crippen LogP contribution in [0.5, 0.6) is 0 Å². The Balaban J connectivity index is 2.36. The Morgan fingerprint density at radius 2 is 1.75 bits per heavy atom. The van der Waals surface area contributed by atoms with Crippen molar-refractivity contribution in [3.63, 3.8) is 0 Å². The van der Waals surface area contributed by atoms with Gasteiger partial charge in [-0.15, -0.1) is 0 Å². The fourth-order valence-electron chi connectivity index (χ4n) is 2.13. The van der Waals surface area contributed by atoms with Crippen molar-refractivity contribution >= 4 is 0 Å². The highest BCUT2D eigenvalue weighted by Gasteiger charge is 2.30. The second-order valence-electron chi connectivity index (χ2n) is 4.55. The molecule has 5 heteroatoms. The Hall–Kier alpha value is -1.88. The van der Waals surface area contributed by atoms with Gasteiger partial charge in [0.1, 0.15) is 0 Å². The second-order valence-corrected chi connectivity index (χ2v) is 4.55. The van der Waals surface area contributed by atoms with Crippen molar-refractivity contribution in [2.75, 3.05) is 7.05 Å². The smallest absolute Gasteiger partial charge is 0.308 e. The third kappa shape index (κ3) is 2.99. The van der Waals surface area contributed by atoms with Crippen molar-refractivity contribution in [1.82, 2.24) is 10.3 Å². The molecule has 20 heavy (non-hydrogen) atoms. The van der Waals surface area contributed by atoms with Gasteiger partial charge in [-0.3, -0.25) is 4.98 Å². The molecule has 1 N–H and O–H groups in total. The predicted molar refractivity (Wildman–Crippen MR) is 71.3 cm³/mol. The molecule has 1 unspecified atom stereocenters. The topological polar surface area (TPSA) is 24.9 Å². The number of benzene rings is 1. The van der Waals surface area contributed by atoms with Crippen molar-refractivity contribution in [3.05, 3.63) is 65.0 Å². The molecular weight excluding hydrogens is 265 g/mol. The first-order chi connectivity index (χ1) is 9.43. The molecule has 0 amide bonds. The van der Waals surface area contributed by atoms with Gasteiger partial charge < -0.3 is 5.32 Å². The average molecular weight is 280 g/mol. The summed E-state index contributed by atoms with van der Waals surface area (Å²) < 4.78 is 37.7. The highest BCUT2D eigenvalue weighted by Crippen LogP contribution is 2.31. The van der Waals surface area contributed by atoms with E-state index in [9.17, 15) is 13.2 Å². The number of pyridine rings is 1. The third-order valence-corrected chi connectivity index (χ3v) is 3.18. The molecule has 1 aromatic heterocycles. The minimum Gasteiger partial charge on any atom is -0.308 e. The summed E-state index contributed by atoms with van der Waals surface area (Å²) in [6, 6.07) is 8.69. The normalized spacial score (nSPS) is 13.2. The summed E-state index contributed by atoms with van der Waals surface area (Å²) in [6.07, 6.45) is -2.63. The predicted octanol–water partition coefficient (Wildman–Crippen LogP) is 3.72. The Bertz CT molecular complexity index is 576. The van der Waals surface area contributed by atoms with Crippen LogP contribution < -0.4 is 5.32 Å². The summed E-state index contributed by atoms with van der Waals surface area (Å²) in [4.78, 5) is 4.31. The number of aryl methyl sites for hydroxylation is 1. The number of halogens is 3. The summed E-state index contributed by atoms with van der Waals surface area (Å²) in [6.45, 7) is 1.93. The molecule has 1 atom stereocenters. The van der Waals surface area contributed by atoms with E-state index in [1.54, 1.807) is 13.2 Å². The Kier molecular flexibility index (Phi) is 4.09. The van der Waals surface area contributed by atoms with Crippen LogP contribution in [-0.2, 0) is 6.18 Å². The quantitative estimate of drug-likeness (QED) is 0.927. The van der Waals surface area contributed by atoms with Crippen LogP contribution in [0.15, 0.2) is 42.6 Å². The molecule has 0 saturated carbocycles. The van der Waals surface area contributed by atoms with Crippen LogP contribution in [0.2, 0.25) is 0 Å².